The molecule has 0 bridgehead atoms. The molecule has 0 amide bonds. The number of aliphatic hydroxyl groups is 1. The number of aromatic amines is 1. The van der Waals surface area contributed by atoms with Crippen LogP contribution >= 0.6 is 0 Å². The van der Waals surface area contributed by atoms with Gasteiger partial charge in [-0.1, -0.05) is 35.5 Å². The second-order valence-electron chi connectivity index (χ2n) is 5.12. The zero-order valence-electron chi connectivity index (χ0n) is 11.7. The summed E-state index contributed by atoms with van der Waals surface area (Å²) in [6.45, 7) is 1.68. The first kappa shape index (κ1) is 13.5. The van der Waals surface area contributed by atoms with Crippen LogP contribution in [0, 0.1) is 0 Å². The Morgan fingerprint density at radius 1 is 1.29 bits per heavy atom. The third-order valence-electron chi connectivity index (χ3n) is 3.34. The van der Waals surface area contributed by atoms with Crippen LogP contribution in [0.3, 0.4) is 0 Å². The largest absolute Gasteiger partial charge is 0.380 e. The van der Waals surface area contributed by atoms with E-state index in [4.69, 9.17) is 4.52 Å². The van der Waals surface area contributed by atoms with E-state index in [-0.39, 0.29) is 5.89 Å². The lowest BCUT2D eigenvalue weighted by molar-refractivity contribution is 0.0147. The summed E-state index contributed by atoms with van der Waals surface area (Å²) in [5.74, 6) is 1.06. The number of rotatable bonds is 5. The first-order chi connectivity index (χ1) is 10.1. The van der Waals surface area contributed by atoms with Gasteiger partial charge in [0.1, 0.15) is 5.60 Å². The molecule has 6 heteroatoms. The molecule has 0 aliphatic rings. The van der Waals surface area contributed by atoms with Crippen LogP contribution in [0.2, 0.25) is 0 Å². The Labute approximate surface area is 121 Å². The predicted molar refractivity (Wildman–Crippen MR) is 76.2 cm³/mol. The average molecular weight is 284 g/mol. The van der Waals surface area contributed by atoms with E-state index in [2.05, 4.69) is 20.1 Å². The summed E-state index contributed by atoms with van der Waals surface area (Å²) >= 11 is 0. The molecular weight excluding hydrogens is 268 g/mol. The second-order valence-corrected chi connectivity index (χ2v) is 5.12. The molecule has 0 radical (unpaired) electrons. The maximum absolute atomic E-state index is 10.5. The first-order valence-corrected chi connectivity index (χ1v) is 6.75. The van der Waals surface area contributed by atoms with Crippen molar-refractivity contribution in [3.63, 3.8) is 0 Å². The monoisotopic (exact) mass is 284 g/mol. The van der Waals surface area contributed by atoms with Crippen LogP contribution in [0.15, 0.2) is 47.2 Å². The molecule has 0 aliphatic carbocycles. The summed E-state index contributed by atoms with van der Waals surface area (Å²) in [6, 6.07) is 9.98. The fourth-order valence-electron chi connectivity index (χ4n) is 2.07. The van der Waals surface area contributed by atoms with Gasteiger partial charge in [0.05, 0.1) is 0 Å². The van der Waals surface area contributed by atoms with E-state index < -0.39 is 5.60 Å². The number of nitrogens with one attached hydrogen (secondary N) is 1. The standard InChI is InChI=1S/C15H16N4O2/c1-15(20,8-7-11-5-3-2-4-6-11)14-18-13(19-21-14)12-16-9-10-17-12/h2-6,9-10,20H,7-8H2,1H3,(H,16,17). The maximum atomic E-state index is 10.5. The van der Waals surface area contributed by atoms with Gasteiger partial charge < -0.3 is 14.6 Å². The molecule has 108 valence electrons. The van der Waals surface area contributed by atoms with E-state index >= 15 is 0 Å². The van der Waals surface area contributed by atoms with Crippen LogP contribution < -0.4 is 0 Å². The molecule has 2 N–H and O–H groups in total. The van der Waals surface area contributed by atoms with Crippen LogP contribution in [0.4, 0.5) is 0 Å². The lowest BCUT2D eigenvalue weighted by Gasteiger charge is -2.18. The molecule has 0 fully saturated rings. The van der Waals surface area contributed by atoms with E-state index in [0.717, 1.165) is 12.0 Å². The minimum atomic E-state index is -1.17. The molecule has 0 aliphatic heterocycles. The quantitative estimate of drug-likeness (QED) is 0.750. The normalized spacial score (nSPS) is 14.0. The summed E-state index contributed by atoms with van der Waals surface area (Å²) < 4.78 is 5.17. The number of H-pyrrole nitrogens is 1. The molecule has 1 aromatic carbocycles. The SMILES string of the molecule is CC(O)(CCc1ccccc1)c1nc(-c2ncc[nH]2)no1. The summed E-state index contributed by atoms with van der Waals surface area (Å²) in [4.78, 5) is 11.2. The van der Waals surface area contributed by atoms with E-state index in [1.165, 1.54) is 0 Å². The van der Waals surface area contributed by atoms with E-state index in [1.807, 2.05) is 30.3 Å². The Morgan fingerprint density at radius 3 is 2.81 bits per heavy atom. The minimum Gasteiger partial charge on any atom is -0.380 e. The molecule has 2 aromatic heterocycles. The topological polar surface area (TPSA) is 87.8 Å². The van der Waals surface area contributed by atoms with Crippen molar-refractivity contribution in [2.24, 2.45) is 0 Å². The van der Waals surface area contributed by atoms with Gasteiger partial charge in [-0.05, 0) is 25.3 Å². The highest BCUT2D eigenvalue weighted by molar-refractivity contribution is 5.41. The maximum Gasteiger partial charge on any atom is 0.258 e. The van der Waals surface area contributed by atoms with Gasteiger partial charge in [-0.25, -0.2) is 4.98 Å². The highest BCUT2D eigenvalue weighted by atomic mass is 16.5. The Morgan fingerprint density at radius 2 is 2.10 bits per heavy atom. The highest BCUT2D eigenvalue weighted by Crippen LogP contribution is 2.26. The van der Waals surface area contributed by atoms with Crippen LogP contribution in [0.25, 0.3) is 11.6 Å². The van der Waals surface area contributed by atoms with Gasteiger partial charge >= 0.3 is 0 Å². The third kappa shape index (κ3) is 3.00. The average Bonchev–Trinajstić information content (AvgIpc) is 3.17. The van der Waals surface area contributed by atoms with Gasteiger partial charge in [0.15, 0.2) is 5.82 Å². The smallest absolute Gasteiger partial charge is 0.258 e. The molecule has 3 rings (SSSR count). The molecule has 6 nitrogen and oxygen atoms in total. The van der Waals surface area contributed by atoms with Gasteiger partial charge in [-0.15, -0.1) is 0 Å². The fourth-order valence-corrected chi connectivity index (χ4v) is 2.07. The number of hydrogen-bond acceptors (Lipinski definition) is 5. The number of hydrogen-bond donors (Lipinski definition) is 2. The molecule has 2 heterocycles. The van der Waals surface area contributed by atoms with Crippen molar-refractivity contribution in [2.75, 3.05) is 0 Å². The van der Waals surface area contributed by atoms with Gasteiger partial charge in [0.2, 0.25) is 5.82 Å². The fraction of sp³-hybridized carbons (Fsp3) is 0.267. The molecule has 0 spiro atoms. The molecule has 3 aromatic rings. The van der Waals surface area contributed by atoms with Crippen molar-refractivity contribution >= 4 is 0 Å². The third-order valence-corrected chi connectivity index (χ3v) is 3.34. The van der Waals surface area contributed by atoms with Crippen molar-refractivity contribution in [1.82, 2.24) is 20.1 Å². The van der Waals surface area contributed by atoms with Crippen molar-refractivity contribution < 1.29 is 9.63 Å². The highest BCUT2D eigenvalue weighted by Gasteiger charge is 2.30. The second kappa shape index (κ2) is 5.49. The zero-order chi connectivity index (χ0) is 14.7. The summed E-state index contributed by atoms with van der Waals surface area (Å²) in [5, 5.41) is 14.4. The van der Waals surface area contributed by atoms with Crippen LogP contribution in [-0.4, -0.2) is 25.2 Å². The molecule has 0 saturated carbocycles. The molecule has 1 unspecified atom stereocenters. The van der Waals surface area contributed by atoms with Gasteiger partial charge in [-0.2, -0.15) is 4.98 Å². The zero-order valence-corrected chi connectivity index (χ0v) is 11.7. The molecule has 0 saturated heterocycles. The Bertz CT molecular complexity index is 690. The van der Waals surface area contributed by atoms with Crippen molar-refractivity contribution in [2.45, 2.75) is 25.4 Å². The summed E-state index contributed by atoms with van der Waals surface area (Å²) in [7, 11) is 0. The summed E-state index contributed by atoms with van der Waals surface area (Å²) in [5.41, 5.74) is -0.0169. The lowest BCUT2D eigenvalue weighted by atomic mass is 9.97. The minimum absolute atomic E-state index is 0.199. The number of nitrogens with zero attached hydrogens (tertiary/aromatic N) is 3. The van der Waals surface area contributed by atoms with E-state index in [9.17, 15) is 5.11 Å². The Hall–Kier alpha value is -2.47. The summed E-state index contributed by atoms with van der Waals surface area (Å²) in [6.07, 6.45) is 4.51. The predicted octanol–water partition coefficient (Wildman–Crippen LogP) is 2.30. The van der Waals surface area contributed by atoms with Gasteiger partial charge in [-0.3, -0.25) is 0 Å². The van der Waals surface area contributed by atoms with E-state index in [0.29, 0.717) is 18.1 Å². The van der Waals surface area contributed by atoms with Crippen LogP contribution in [0.5, 0.6) is 0 Å². The van der Waals surface area contributed by atoms with Gasteiger partial charge in [0.25, 0.3) is 5.89 Å². The Balaban J connectivity index is 1.73. The van der Waals surface area contributed by atoms with Gasteiger partial charge in [0, 0.05) is 12.4 Å². The van der Waals surface area contributed by atoms with Crippen molar-refractivity contribution in [3.05, 3.63) is 54.2 Å². The molecule has 1 atom stereocenters. The first-order valence-electron chi connectivity index (χ1n) is 6.75. The number of aromatic nitrogens is 4. The number of benzene rings is 1. The Kier molecular flexibility index (Phi) is 3.53. The van der Waals surface area contributed by atoms with E-state index in [1.54, 1.807) is 19.3 Å². The van der Waals surface area contributed by atoms with Crippen molar-refractivity contribution in [3.8, 4) is 11.6 Å². The lowest BCUT2D eigenvalue weighted by Crippen LogP contribution is -2.22. The number of imidazole rings is 1. The number of aryl methyl sites for hydroxylation is 1. The van der Waals surface area contributed by atoms with Crippen LogP contribution in [-0.2, 0) is 12.0 Å². The van der Waals surface area contributed by atoms with Crippen molar-refractivity contribution in [1.29, 1.82) is 0 Å². The van der Waals surface area contributed by atoms with Crippen LogP contribution in [0.1, 0.15) is 24.8 Å². The molecule has 21 heavy (non-hydrogen) atoms. The molecular formula is C15H16N4O2.